The van der Waals surface area contributed by atoms with E-state index in [1.165, 1.54) is 0 Å². The molecule has 0 atom stereocenters. The van der Waals surface area contributed by atoms with Crippen LogP contribution in [0.4, 0.5) is 0 Å². The minimum Gasteiger partial charge on any atom is -0.493 e. The van der Waals surface area contributed by atoms with Gasteiger partial charge >= 0.3 is 0 Å². The summed E-state index contributed by atoms with van der Waals surface area (Å²) in [5.41, 5.74) is 1.05. The van der Waals surface area contributed by atoms with Gasteiger partial charge in [0.1, 0.15) is 5.75 Å². The lowest BCUT2D eigenvalue weighted by molar-refractivity contribution is -0.131. The van der Waals surface area contributed by atoms with Gasteiger partial charge in [-0.3, -0.25) is 14.7 Å². The molecule has 0 unspecified atom stereocenters. The van der Waals surface area contributed by atoms with Gasteiger partial charge in [-0.25, -0.2) is 0 Å². The van der Waals surface area contributed by atoms with Gasteiger partial charge in [-0.1, -0.05) is 17.7 Å². The Bertz CT molecular complexity index is 719. The fraction of sp³-hybridized carbons (Fsp3) is 0.619. The van der Waals surface area contributed by atoms with Gasteiger partial charge in [-0.05, 0) is 31.9 Å². The topological polar surface area (TPSA) is 60.4 Å². The van der Waals surface area contributed by atoms with Gasteiger partial charge in [0.25, 0.3) is 0 Å². The average molecular weight is 550 g/mol. The van der Waals surface area contributed by atoms with Gasteiger partial charge < -0.3 is 19.9 Å². The van der Waals surface area contributed by atoms with E-state index in [9.17, 15) is 4.79 Å². The molecule has 1 N–H and O–H groups in total. The summed E-state index contributed by atoms with van der Waals surface area (Å²) in [5, 5.41) is 4.10. The number of carbonyl (C=O) groups excluding carboxylic acids is 1. The second-order valence-corrected chi connectivity index (χ2v) is 7.87. The number of hydrogen-bond acceptors (Lipinski definition) is 4. The largest absolute Gasteiger partial charge is 0.493 e. The number of rotatable bonds is 6. The molecular weight excluding hydrogens is 517 g/mol. The molecule has 1 aromatic rings. The smallest absolute Gasteiger partial charge is 0.236 e. The van der Waals surface area contributed by atoms with Crippen LogP contribution in [-0.4, -0.2) is 86.0 Å². The summed E-state index contributed by atoms with van der Waals surface area (Å²) in [7, 11) is 1.80. The average Bonchev–Trinajstić information content (AvgIpc) is 3.26. The van der Waals surface area contributed by atoms with E-state index < -0.39 is 0 Å². The van der Waals surface area contributed by atoms with Crippen LogP contribution in [0.2, 0.25) is 5.02 Å². The van der Waals surface area contributed by atoms with E-state index in [1.54, 1.807) is 7.05 Å². The van der Waals surface area contributed by atoms with Crippen molar-refractivity contribution in [2.45, 2.75) is 26.3 Å². The van der Waals surface area contributed by atoms with E-state index in [1.807, 2.05) is 30.0 Å². The van der Waals surface area contributed by atoms with Crippen LogP contribution in [-0.2, 0) is 11.3 Å². The van der Waals surface area contributed by atoms with Crippen molar-refractivity contribution >= 4 is 47.4 Å². The SMILES string of the molecule is CCOc1cc(Cl)ccc1CNC(=NC)N1CCN(CC(=O)N2CCCC2)CC1.I. The Kier molecular flexibility index (Phi) is 10.5. The van der Waals surface area contributed by atoms with Crippen LogP contribution in [0.5, 0.6) is 5.75 Å². The second kappa shape index (κ2) is 12.6. The van der Waals surface area contributed by atoms with Crippen molar-refractivity contribution in [3.63, 3.8) is 0 Å². The zero-order chi connectivity index (χ0) is 20.6. The lowest BCUT2D eigenvalue weighted by Gasteiger charge is -2.36. The number of likely N-dealkylation sites (tertiary alicyclic amines) is 1. The Balaban J connectivity index is 0.00000320. The van der Waals surface area contributed by atoms with Crippen molar-refractivity contribution in [3.05, 3.63) is 28.8 Å². The maximum atomic E-state index is 12.4. The summed E-state index contributed by atoms with van der Waals surface area (Å²) in [6.07, 6.45) is 2.28. The molecule has 0 aromatic heterocycles. The zero-order valence-corrected chi connectivity index (χ0v) is 21.0. The molecular formula is C21H33ClIN5O2. The highest BCUT2D eigenvalue weighted by Crippen LogP contribution is 2.23. The predicted molar refractivity (Wildman–Crippen MR) is 132 cm³/mol. The number of nitrogens with zero attached hydrogens (tertiary/aromatic N) is 4. The summed E-state index contributed by atoms with van der Waals surface area (Å²) < 4.78 is 5.70. The molecule has 9 heteroatoms. The Morgan fingerprint density at radius 2 is 1.83 bits per heavy atom. The first-order chi connectivity index (χ1) is 14.1. The Hall–Kier alpha value is -1.26. The maximum Gasteiger partial charge on any atom is 0.236 e. The highest BCUT2D eigenvalue weighted by molar-refractivity contribution is 14.0. The Morgan fingerprint density at radius 1 is 1.13 bits per heavy atom. The number of aliphatic imine (C=N–C) groups is 1. The molecule has 2 aliphatic heterocycles. The predicted octanol–water partition coefficient (Wildman–Crippen LogP) is 2.67. The summed E-state index contributed by atoms with van der Waals surface area (Å²) in [4.78, 5) is 23.3. The van der Waals surface area contributed by atoms with Crippen molar-refractivity contribution in [1.82, 2.24) is 20.0 Å². The fourth-order valence-electron chi connectivity index (χ4n) is 3.85. The fourth-order valence-corrected chi connectivity index (χ4v) is 4.01. The van der Waals surface area contributed by atoms with Crippen LogP contribution in [0.3, 0.4) is 0 Å². The van der Waals surface area contributed by atoms with Crippen LogP contribution in [0.1, 0.15) is 25.3 Å². The van der Waals surface area contributed by atoms with Crippen molar-refractivity contribution in [2.75, 3.05) is 59.5 Å². The van der Waals surface area contributed by atoms with Gasteiger partial charge in [0, 0.05) is 63.4 Å². The zero-order valence-electron chi connectivity index (χ0n) is 17.9. The maximum absolute atomic E-state index is 12.4. The van der Waals surface area contributed by atoms with Crippen molar-refractivity contribution in [2.24, 2.45) is 4.99 Å². The van der Waals surface area contributed by atoms with E-state index >= 15 is 0 Å². The molecule has 2 aliphatic rings. The van der Waals surface area contributed by atoms with Gasteiger partial charge in [-0.15, -0.1) is 24.0 Å². The first kappa shape index (κ1) is 25.0. The van der Waals surface area contributed by atoms with Gasteiger partial charge in [0.2, 0.25) is 5.91 Å². The normalized spacial score (nSPS) is 17.6. The highest BCUT2D eigenvalue weighted by Gasteiger charge is 2.24. The first-order valence-corrected chi connectivity index (χ1v) is 10.9. The van der Waals surface area contributed by atoms with Crippen molar-refractivity contribution < 1.29 is 9.53 Å². The molecule has 0 spiro atoms. The van der Waals surface area contributed by atoms with Crippen LogP contribution >= 0.6 is 35.6 Å². The van der Waals surface area contributed by atoms with Crippen molar-refractivity contribution in [3.8, 4) is 5.75 Å². The summed E-state index contributed by atoms with van der Waals surface area (Å²) in [6.45, 7) is 8.99. The molecule has 0 aliphatic carbocycles. The number of amides is 1. The number of ether oxygens (including phenoxy) is 1. The third-order valence-corrected chi connectivity index (χ3v) is 5.70. The van der Waals surface area contributed by atoms with Crippen LogP contribution in [0.25, 0.3) is 0 Å². The number of halogens is 2. The lowest BCUT2D eigenvalue weighted by atomic mass is 10.2. The molecule has 3 rings (SSSR count). The number of nitrogens with one attached hydrogen (secondary N) is 1. The van der Waals surface area contributed by atoms with Crippen LogP contribution in [0.15, 0.2) is 23.2 Å². The minimum absolute atomic E-state index is 0. The van der Waals surface area contributed by atoms with E-state index in [2.05, 4.69) is 20.1 Å². The van der Waals surface area contributed by atoms with E-state index in [0.29, 0.717) is 24.7 Å². The van der Waals surface area contributed by atoms with Gasteiger partial charge in [0.15, 0.2) is 5.96 Å². The van der Waals surface area contributed by atoms with Crippen LogP contribution < -0.4 is 10.1 Å². The van der Waals surface area contributed by atoms with Crippen molar-refractivity contribution in [1.29, 1.82) is 0 Å². The minimum atomic E-state index is 0. The summed E-state index contributed by atoms with van der Waals surface area (Å²) in [6, 6.07) is 5.70. The van der Waals surface area contributed by atoms with Gasteiger partial charge in [-0.2, -0.15) is 0 Å². The first-order valence-electron chi connectivity index (χ1n) is 10.5. The van der Waals surface area contributed by atoms with E-state index in [4.69, 9.17) is 16.3 Å². The quantitative estimate of drug-likeness (QED) is 0.336. The molecule has 168 valence electrons. The molecule has 2 fully saturated rings. The molecule has 0 saturated carbocycles. The molecule has 30 heavy (non-hydrogen) atoms. The number of piperazine rings is 1. The number of hydrogen-bond donors (Lipinski definition) is 1. The molecule has 2 heterocycles. The van der Waals surface area contributed by atoms with E-state index in [0.717, 1.165) is 69.4 Å². The number of benzene rings is 1. The number of guanidine groups is 1. The van der Waals surface area contributed by atoms with Gasteiger partial charge in [0.05, 0.1) is 13.2 Å². The third-order valence-electron chi connectivity index (χ3n) is 5.47. The monoisotopic (exact) mass is 549 g/mol. The molecule has 1 aromatic carbocycles. The molecule has 0 bridgehead atoms. The number of carbonyl (C=O) groups is 1. The molecule has 0 radical (unpaired) electrons. The van der Waals surface area contributed by atoms with E-state index in [-0.39, 0.29) is 29.9 Å². The molecule has 1 amide bonds. The lowest BCUT2D eigenvalue weighted by Crippen LogP contribution is -2.54. The highest BCUT2D eigenvalue weighted by atomic mass is 127. The standard InChI is InChI=1S/C21H32ClN5O2.HI/c1-3-29-19-14-18(22)7-6-17(19)15-24-21(23-2)27-12-10-25(11-13-27)16-20(28)26-8-4-5-9-26;/h6-7,14H,3-5,8-13,15-16H2,1-2H3,(H,23,24);1H. The summed E-state index contributed by atoms with van der Waals surface area (Å²) in [5.74, 6) is 1.94. The third kappa shape index (κ3) is 6.88. The van der Waals surface area contributed by atoms with Crippen LogP contribution in [0, 0.1) is 0 Å². The molecule has 7 nitrogen and oxygen atoms in total. The Morgan fingerprint density at radius 3 is 2.47 bits per heavy atom. The Labute approximate surface area is 201 Å². The second-order valence-electron chi connectivity index (χ2n) is 7.44. The summed E-state index contributed by atoms with van der Waals surface area (Å²) >= 11 is 6.09. The molecule has 2 saturated heterocycles.